The van der Waals surface area contributed by atoms with E-state index in [1.165, 1.54) is 0 Å². The molecule has 41 valence electrons. The van der Waals surface area contributed by atoms with Crippen LogP contribution in [-0.4, -0.2) is 12.6 Å². The Bertz CT molecular complexity index is 66.0. The van der Waals surface area contributed by atoms with Crippen molar-refractivity contribution in [3.63, 3.8) is 0 Å². The number of carbonyl (C=O) groups is 1. The summed E-state index contributed by atoms with van der Waals surface area (Å²) >= 11 is 4.74. The molecule has 0 aliphatic carbocycles. The number of halogens is 1. The van der Waals surface area contributed by atoms with Crippen molar-refractivity contribution in [3.8, 4) is 0 Å². The second-order valence-electron chi connectivity index (χ2n) is 0.920. The van der Waals surface area contributed by atoms with Crippen molar-refractivity contribution >= 4 is 17.8 Å². The summed E-state index contributed by atoms with van der Waals surface area (Å²) in [5.41, 5.74) is 0. The molecule has 0 saturated heterocycles. The molecule has 0 aromatic carbocycles. The molecule has 7 heavy (non-hydrogen) atoms. The standard InChI is InChI=1S/C3H6ClN2O/c1-2-5-3(7)6-4/h2H2,1H3,(H,5,7). The fourth-order valence-corrected chi connectivity index (χ4v) is 0.241. The number of amides is 2. The molecule has 1 radical (unpaired) electrons. The number of hydrogen-bond donors (Lipinski definition) is 1. The molecular formula is C3H6ClN2O. The van der Waals surface area contributed by atoms with Gasteiger partial charge >= 0.3 is 6.03 Å². The predicted octanol–water partition coefficient (Wildman–Crippen LogP) is 0.474. The topological polar surface area (TPSA) is 43.2 Å². The van der Waals surface area contributed by atoms with Gasteiger partial charge in [-0.3, -0.25) is 0 Å². The first-order valence-corrected chi connectivity index (χ1v) is 2.25. The first-order valence-electron chi connectivity index (χ1n) is 1.91. The summed E-state index contributed by atoms with van der Waals surface area (Å²) < 4.78 is 0. The number of carbonyl (C=O) groups excluding carboxylic acids is 1. The Morgan fingerprint density at radius 1 is 2.00 bits per heavy atom. The lowest BCUT2D eigenvalue weighted by Gasteiger charge is -1.91. The molecule has 0 aromatic rings. The van der Waals surface area contributed by atoms with Gasteiger partial charge in [-0.05, 0) is 6.92 Å². The van der Waals surface area contributed by atoms with Gasteiger partial charge in [0.05, 0.1) is 0 Å². The van der Waals surface area contributed by atoms with Gasteiger partial charge in [0.25, 0.3) is 0 Å². The maximum absolute atomic E-state index is 10.0. The largest absolute Gasteiger partial charge is 0.352 e. The van der Waals surface area contributed by atoms with Crippen LogP contribution < -0.4 is 10.2 Å². The highest BCUT2D eigenvalue weighted by atomic mass is 35.5. The molecule has 0 saturated carbocycles. The lowest BCUT2D eigenvalue weighted by Crippen LogP contribution is -2.25. The first-order chi connectivity index (χ1) is 3.31. The Hall–Kier alpha value is -0.440. The Morgan fingerprint density at radius 2 is 2.57 bits per heavy atom. The van der Waals surface area contributed by atoms with Crippen LogP contribution in [-0.2, 0) is 0 Å². The average Bonchev–Trinajstić information content (AvgIpc) is 1.68. The maximum Gasteiger partial charge on any atom is 0.352 e. The first kappa shape index (κ1) is 6.56. The Kier molecular flexibility index (Phi) is 3.50. The minimum absolute atomic E-state index is 0.482. The molecule has 0 atom stereocenters. The normalized spacial score (nSPS) is 7.71. The summed E-state index contributed by atoms with van der Waals surface area (Å²) in [5, 5.41) is 2.36. The summed E-state index contributed by atoms with van der Waals surface area (Å²) in [6.45, 7) is 2.36. The Morgan fingerprint density at radius 3 is 2.71 bits per heavy atom. The van der Waals surface area contributed by atoms with Gasteiger partial charge in [0.2, 0.25) is 0 Å². The van der Waals surface area contributed by atoms with E-state index in [1.807, 2.05) is 0 Å². The van der Waals surface area contributed by atoms with Crippen LogP contribution in [0.25, 0.3) is 0 Å². The molecule has 0 aromatic heterocycles. The number of rotatable bonds is 1. The third kappa shape index (κ3) is 3.39. The van der Waals surface area contributed by atoms with Crippen molar-refractivity contribution in [3.05, 3.63) is 0 Å². The van der Waals surface area contributed by atoms with E-state index in [1.54, 1.807) is 6.92 Å². The minimum atomic E-state index is -0.482. The van der Waals surface area contributed by atoms with Crippen LogP contribution in [0.15, 0.2) is 0 Å². The molecule has 0 bridgehead atoms. The van der Waals surface area contributed by atoms with Crippen molar-refractivity contribution in [2.24, 2.45) is 0 Å². The Balaban J connectivity index is 3.00. The summed E-state index contributed by atoms with van der Waals surface area (Å²) in [4.78, 5) is 12.8. The van der Waals surface area contributed by atoms with Crippen molar-refractivity contribution in [2.45, 2.75) is 6.92 Å². The lowest BCUT2D eigenvalue weighted by atomic mass is 10.7. The summed E-state index contributed by atoms with van der Waals surface area (Å²) in [6, 6.07) is -0.482. The van der Waals surface area contributed by atoms with Crippen LogP contribution in [0.2, 0.25) is 0 Å². The van der Waals surface area contributed by atoms with Crippen LogP contribution in [0.1, 0.15) is 6.92 Å². The molecule has 0 aliphatic heterocycles. The highest BCUT2D eigenvalue weighted by Gasteiger charge is 1.91. The van der Waals surface area contributed by atoms with Crippen LogP contribution in [0, 0.1) is 0 Å². The highest BCUT2D eigenvalue weighted by Crippen LogP contribution is 1.67. The van der Waals surface area contributed by atoms with Gasteiger partial charge < -0.3 is 5.32 Å². The van der Waals surface area contributed by atoms with Gasteiger partial charge in [0.15, 0.2) is 0 Å². The van der Waals surface area contributed by atoms with Crippen molar-refractivity contribution in [2.75, 3.05) is 6.54 Å². The molecule has 0 rings (SSSR count). The number of hydrogen-bond acceptors (Lipinski definition) is 1. The molecule has 0 heterocycles. The molecule has 0 spiro atoms. The average molecular weight is 122 g/mol. The van der Waals surface area contributed by atoms with Crippen molar-refractivity contribution in [1.82, 2.24) is 10.2 Å². The van der Waals surface area contributed by atoms with Crippen molar-refractivity contribution in [1.29, 1.82) is 0 Å². The summed E-state index contributed by atoms with van der Waals surface area (Å²) in [5.74, 6) is 0. The third-order valence-electron chi connectivity index (χ3n) is 0.405. The van der Waals surface area contributed by atoms with E-state index in [2.05, 4.69) is 10.2 Å². The molecule has 0 fully saturated rings. The van der Waals surface area contributed by atoms with E-state index in [-0.39, 0.29) is 0 Å². The molecule has 3 nitrogen and oxygen atoms in total. The van der Waals surface area contributed by atoms with E-state index in [0.29, 0.717) is 6.54 Å². The van der Waals surface area contributed by atoms with Crippen LogP contribution in [0.4, 0.5) is 4.79 Å². The second kappa shape index (κ2) is 3.74. The maximum atomic E-state index is 10.0. The fourth-order valence-electron chi connectivity index (χ4n) is 0.181. The van der Waals surface area contributed by atoms with E-state index in [0.717, 1.165) is 0 Å². The minimum Gasteiger partial charge on any atom is -0.336 e. The molecular weight excluding hydrogens is 115 g/mol. The van der Waals surface area contributed by atoms with Gasteiger partial charge in [-0.2, -0.15) is 0 Å². The van der Waals surface area contributed by atoms with E-state index in [4.69, 9.17) is 11.8 Å². The molecule has 0 aliphatic rings. The molecule has 0 unspecified atom stereocenters. The second-order valence-corrected chi connectivity index (χ2v) is 1.09. The third-order valence-corrected chi connectivity index (χ3v) is 0.558. The van der Waals surface area contributed by atoms with Crippen molar-refractivity contribution < 1.29 is 4.79 Å². The zero-order valence-corrected chi connectivity index (χ0v) is 4.70. The predicted molar refractivity (Wildman–Crippen MR) is 27.1 cm³/mol. The van der Waals surface area contributed by atoms with E-state index in [9.17, 15) is 4.79 Å². The smallest absolute Gasteiger partial charge is 0.336 e. The van der Waals surface area contributed by atoms with Crippen LogP contribution in [0.3, 0.4) is 0 Å². The zero-order valence-electron chi connectivity index (χ0n) is 3.94. The van der Waals surface area contributed by atoms with Gasteiger partial charge in [0.1, 0.15) is 0 Å². The SMILES string of the molecule is CCNC(=O)[N]Cl. The van der Waals surface area contributed by atoms with E-state index >= 15 is 0 Å². The number of nitrogens with zero attached hydrogens (tertiary/aromatic N) is 1. The van der Waals surface area contributed by atoms with Gasteiger partial charge in [-0.1, -0.05) is 0 Å². The Labute approximate surface area is 47.1 Å². The molecule has 2 amide bonds. The van der Waals surface area contributed by atoms with Gasteiger partial charge in [-0.25, -0.2) is 4.79 Å². The summed E-state index contributed by atoms with van der Waals surface area (Å²) in [7, 11) is 0. The van der Waals surface area contributed by atoms with Gasteiger partial charge in [-0.15, -0.1) is 4.84 Å². The highest BCUT2D eigenvalue weighted by molar-refractivity contribution is 6.20. The molecule has 1 N–H and O–H groups in total. The lowest BCUT2D eigenvalue weighted by molar-refractivity contribution is 0.246. The molecule has 4 heteroatoms. The van der Waals surface area contributed by atoms with Crippen LogP contribution >= 0.6 is 11.8 Å². The monoisotopic (exact) mass is 121 g/mol. The van der Waals surface area contributed by atoms with Crippen LogP contribution in [0.5, 0.6) is 0 Å². The van der Waals surface area contributed by atoms with Gasteiger partial charge in [0, 0.05) is 18.3 Å². The zero-order chi connectivity index (χ0) is 5.70. The summed E-state index contributed by atoms with van der Waals surface area (Å²) in [6.07, 6.45) is 0. The van der Waals surface area contributed by atoms with E-state index < -0.39 is 6.03 Å². The number of nitrogens with one attached hydrogen (secondary N) is 1. The fraction of sp³-hybridized carbons (Fsp3) is 0.667. The quantitative estimate of drug-likeness (QED) is 0.539. The number of urea groups is 1.